The van der Waals surface area contributed by atoms with Crippen molar-refractivity contribution in [2.45, 2.75) is 51.7 Å². The smallest absolute Gasteiger partial charge is 0.237 e. The van der Waals surface area contributed by atoms with Crippen molar-refractivity contribution in [3.05, 3.63) is 16.0 Å². The molecule has 6 heteroatoms. The number of amides is 1. The van der Waals surface area contributed by atoms with Gasteiger partial charge in [-0.05, 0) is 56.7 Å². The second kappa shape index (κ2) is 6.01. The molecule has 0 aliphatic heterocycles. The highest BCUT2D eigenvalue weighted by Gasteiger charge is 2.33. The third kappa shape index (κ3) is 3.94. The van der Waals surface area contributed by atoms with E-state index in [9.17, 15) is 4.79 Å². The molecule has 0 aliphatic rings. The van der Waals surface area contributed by atoms with Gasteiger partial charge in [0.25, 0.3) is 0 Å². The summed E-state index contributed by atoms with van der Waals surface area (Å²) < 4.78 is 2.95. The first-order valence-electron chi connectivity index (χ1n) is 6.02. The fourth-order valence-electron chi connectivity index (χ4n) is 2.11. The van der Waals surface area contributed by atoms with E-state index in [1.54, 1.807) is 6.20 Å². The van der Waals surface area contributed by atoms with Crippen LogP contribution < -0.4 is 11.1 Å². The van der Waals surface area contributed by atoms with Crippen molar-refractivity contribution in [3.8, 4) is 0 Å². The predicted molar refractivity (Wildman–Crippen MR) is 80.1 cm³/mol. The summed E-state index contributed by atoms with van der Waals surface area (Å²) in [5.74, 6) is -0.329. The first-order chi connectivity index (χ1) is 8.24. The van der Waals surface area contributed by atoms with Crippen molar-refractivity contribution >= 4 is 28.5 Å². The monoisotopic (exact) mass is 364 g/mol. The van der Waals surface area contributed by atoms with E-state index >= 15 is 0 Å². The molecule has 2 atom stereocenters. The van der Waals surface area contributed by atoms with Gasteiger partial charge in [-0.25, -0.2) is 0 Å². The van der Waals surface area contributed by atoms with Gasteiger partial charge in [0.1, 0.15) is 0 Å². The van der Waals surface area contributed by atoms with Crippen LogP contribution in [0.5, 0.6) is 0 Å². The predicted octanol–water partition coefficient (Wildman–Crippen LogP) is 1.68. The number of rotatable bonds is 6. The molecule has 1 rings (SSSR count). The maximum Gasteiger partial charge on any atom is 0.237 e. The molecule has 1 heterocycles. The van der Waals surface area contributed by atoms with Crippen LogP contribution in [0.1, 0.15) is 40.2 Å². The van der Waals surface area contributed by atoms with E-state index in [4.69, 9.17) is 5.73 Å². The van der Waals surface area contributed by atoms with Crippen molar-refractivity contribution < 1.29 is 4.79 Å². The Balaban J connectivity index is 2.81. The van der Waals surface area contributed by atoms with Crippen molar-refractivity contribution in [3.63, 3.8) is 0 Å². The molecule has 0 aromatic carbocycles. The summed E-state index contributed by atoms with van der Waals surface area (Å²) in [6.45, 7) is 7.89. The van der Waals surface area contributed by atoms with E-state index in [1.807, 2.05) is 38.6 Å². The lowest BCUT2D eigenvalue weighted by atomic mass is 9.92. The van der Waals surface area contributed by atoms with Gasteiger partial charge in [0.2, 0.25) is 5.91 Å². The number of primary amides is 1. The normalized spacial score (nSPS) is 16.6. The zero-order chi connectivity index (χ0) is 13.9. The summed E-state index contributed by atoms with van der Waals surface area (Å²) >= 11 is 2.21. The van der Waals surface area contributed by atoms with Crippen LogP contribution in [0.3, 0.4) is 0 Å². The quantitative estimate of drug-likeness (QED) is 0.755. The summed E-state index contributed by atoms with van der Waals surface area (Å²) in [7, 11) is 0. The van der Waals surface area contributed by atoms with Crippen LogP contribution in [0.25, 0.3) is 0 Å². The highest BCUT2D eigenvalue weighted by atomic mass is 127. The lowest BCUT2D eigenvalue weighted by molar-refractivity contribution is -0.124. The summed E-state index contributed by atoms with van der Waals surface area (Å²) in [6.07, 6.45) is 4.37. The van der Waals surface area contributed by atoms with Gasteiger partial charge in [-0.15, -0.1) is 0 Å². The van der Waals surface area contributed by atoms with Crippen LogP contribution in [-0.2, 0) is 4.79 Å². The van der Waals surface area contributed by atoms with Crippen LogP contribution in [0, 0.1) is 3.57 Å². The molecule has 1 aromatic heterocycles. The Kier molecular flexibility index (Phi) is 5.15. The maximum absolute atomic E-state index is 11.7. The number of halogens is 1. The highest BCUT2D eigenvalue weighted by molar-refractivity contribution is 14.1. The number of aromatic nitrogens is 2. The summed E-state index contributed by atoms with van der Waals surface area (Å²) in [6, 6.07) is 0.310. The Morgan fingerprint density at radius 2 is 2.22 bits per heavy atom. The molecule has 0 bridgehead atoms. The number of carbonyl (C=O) groups excluding carboxylic acids is 1. The van der Waals surface area contributed by atoms with Gasteiger partial charge in [0.15, 0.2) is 0 Å². The van der Waals surface area contributed by atoms with Gasteiger partial charge in [-0.2, -0.15) is 5.10 Å². The van der Waals surface area contributed by atoms with E-state index in [1.165, 1.54) is 0 Å². The molecule has 0 aliphatic carbocycles. The van der Waals surface area contributed by atoms with E-state index in [0.29, 0.717) is 6.42 Å². The Labute approximate surface area is 122 Å². The molecule has 0 saturated heterocycles. The zero-order valence-electron chi connectivity index (χ0n) is 11.3. The van der Waals surface area contributed by atoms with Crippen LogP contribution in [0.15, 0.2) is 12.4 Å². The van der Waals surface area contributed by atoms with E-state index < -0.39 is 5.54 Å². The average Bonchev–Trinajstić information content (AvgIpc) is 2.63. The molecule has 0 radical (unpaired) electrons. The molecule has 18 heavy (non-hydrogen) atoms. The number of nitrogens with two attached hydrogens (primary N) is 1. The largest absolute Gasteiger partial charge is 0.368 e. The molecule has 102 valence electrons. The molecule has 0 spiro atoms. The minimum Gasteiger partial charge on any atom is -0.368 e. The Morgan fingerprint density at radius 1 is 1.61 bits per heavy atom. The van der Waals surface area contributed by atoms with E-state index in [2.05, 4.69) is 33.0 Å². The first kappa shape index (κ1) is 15.4. The van der Waals surface area contributed by atoms with E-state index in [-0.39, 0.29) is 18.0 Å². The maximum atomic E-state index is 11.7. The van der Waals surface area contributed by atoms with Gasteiger partial charge < -0.3 is 11.1 Å². The molecule has 0 saturated carbocycles. The summed E-state index contributed by atoms with van der Waals surface area (Å²) in [4.78, 5) is 11.7. The van der Waals surface area contributed by atoms with Gasteiger partial charge >= 0.3 is 0 Å². The van der Waals surface area contributed by atoms with Crippen molar-refractivity contribution in [1.29, 1.82) is 0 Å². The van der Waals surface area contributed by atoms with Crippen LogP contribution in [0.2, 0.25) is 0 Å². The molecule has 0 fully saturated rings. The van der Waals surface area contributed by atoms with Crippen molar-refractivity contribution in [2.24, 2.45) is 5.73 Å². The Morgan fingerprint density at radius 3 is 2.61 bits per heavy atom. The van der Waals surface area contributed by atoms with E-state index in [0.717, 1.165) is 3.57 Å². The molecular weight excluding hydrogens is 343 g/mol. The third-order valence-corrected chi connectivity index (χ3v) is 3.43. The lowest BCUT2D eigenvalue weighted by Crippen LogP contribution is -2.56. The zero-order valence-corrected chi connectivity index (χ0v) is 13.4. The second-order valence-corrected chi connectivity index (χ2v) is 6.43. The third-order valence-electron chi connectivity index (χ3n) is 2.88. The Hall–Kier alpha value is -0.630. The molecule has 5 nitrogen and oxygen atoms in total. The fraction of sp³-hybridized carbons (Fsp3) is 0.667. The van der Waals surface area contributed by atoms with Crippen LogP contribution >= 0.6 is 22.6 Å². The lowest BCUT2D eigenvalue weighted by Gasteiger charge is -2.32. The average molecular weight is 364 g/mol. The minimum absolute atomic E-state index is 0.109. The molecular formula is C12H21IN4O. The van der Waals surface area contributed by atoms with Gasteiger partial charge in [-0.3, -0.25) is 9.48 Å². The Bertz CT molecular complexity index is 418. The van der Waals surface area contributed by atoms with Gasteiger partial charge in [0.05, 0.1) is 21.3 Å². The van der Waals surface area contributed by atoms with Crippen molar-refractivity contribution in [1.82, 2.24) is 15.1 Å². The summed E-state index contributed by atoms with van der Waals surface area (Å²) in [5.41, 5.74) is 4.80. The highest BCUT2D eigenvalue weighted by Crippen LogP contribution is 2.21. The number of nitrogens with zero attached hydrogens (tertiary/aromatic N) is 2. The molecule has 2 unspecified atom stereocenters. The number of hydrogen-bond acceptors (Lipinski definition) is 3. The fourth-order valence-corrected chi connectivity index (χ4v) is 2.52. The molecule has 1 aromatic rings. The van der Waals surface area contributed by atoms with Gasteiger partial charge in [-0.1, -0.05) is 0 Å². The van der Waals surface area contributed by atoms with Crippen LogP contribution in [-0.4, -0.2) is 27.3 Å². The van der Waals surface area contributed by atoms with Crippen molar-refractivity contribution in [2.75, 3.05) is 0 Å². The number of carbonyl (C=O) groups is 1. The van der Waals surface area contributed by atoms with Gasteiger partial charge in [0, 0.05) is 12.2 Å². The minimum atomic E-state index is -0.717. The van der Waals surface area contributed by atoms with Crippen LogP contribution in [0.4, 0.5) is 0 Å². The molecule has 1 amide bonds. The second-order valence-electron chi connectivity index (χ2n) is 5.19. The standard InChI is InChI=1S/C12H21IN4O/c1-8(2)16-12(4,11(14)18)5-9(3)17-7-10(13)6-15-17/h6-9,16H,5H2,1-4H3,(H2,14,18). The summed E-state index contributed by atoms with van der Waals surface area (Å²) in [5, 5.41) is 7.51. The number of nitrogens with one attached hydrogen (secondary N) is 1. The SMILES string of the molecule is CC(C)NC(C)(CC(C)n1cc(I)cn1)C(N)=O. The number of hydrogen-bond donors (Lipinski definition) is 2. The topological polar surface area (TPSA) is 72.9 Å². The molecule has 3 N–H and O–H groups in total. The first-order valence-corrected chi connectivity index (χ1v) is 7.10.